The molecular weight excluding hydrogens is 283 g/mol. The molecule has 6 fully saturated rings. The summed E-state index contributed by atoms with van der Waals surface area (Å²) in [5.41, 5.74) is 0. The molecule has 1 heteroatoms. The monoisotopic (exact) mass is 316 g/mol. The van der Waals surface area contributed by atoms with Gasteiger partial charge in [-0.05, 0) is 101 Å². The molecule has 0 aromatic rings. The molecule has 0 saturated heterocycles. The average Bonchev–Trinajstić information content (AvgIpc) is 2.45. The van der Waals surface area contributed by atoms with Crippen molar-refractivity contribution in [3.05, 3.63) is 0 Å². The Morgan fingerprint density at radius 1 is 0.636 bits per heavy atom. The molecule has 0 aliphatic heterocycles. The lowest BCUT2D eigenvalue weighted by Crippen LogP contribution is -2.88. The van der Waals surface area contributed by atoms with Crippen LogP contribution in [0, 0.1) is 88.8 Å². The molecule has 122 valence electrons. The third-order valence-corrected chi connectivity index (χ3v) is 11.1. The first-order valence-corrected chi connectivity index (χ1v) is 11.1. The fraction of sp³-hybridized carbons (Fsp3) is 1.00. The van der Waals surface area contributed by atoms with E-state index in [1.165, 1.54) is 71.8 Å². The van der Waals surface area contributed by atoms with Gasteiger partial charge in [0.05, 0.1) is 0 Å². The van der Waals surface area contributed by atoms with Gasteiger partial charge in [-0.1, -0.05) is 27.7 Å². The van der Waals surface area contributed by atoms with E-state index in [1.54, 1.807) is 0 Å². The van der Waals surface area contributed by atoms with Crippen LogP contribution < -0.4 is 0 Å². The average molecular weight is 316 g/mol. The summed E-state index contributed by atoms with van der Waals surface area (Å²) < 4.78 is 0. The lowest BCUT2D eigenvalue weighted by molar-refractivity contribution is -0.447. The Bertz CT molecular complexity index is 528. The summed E-state index contributed by atoms with van der Waals surface area (Å²) in [7, 11) is 2.96. The maximum atomic E-state index is 2.96. The molecule has 0 bridgehead atoms. The number of fused-ring (bicyclic) bond motifs is 13. The van der Waals surface area contributed by atoms with Crippen LogP contribution in [0.1, 0.15) is 34.1 Å². The Labute approximate surface area is 138 Å². The fourth-order valence-corrected chi connectivity index (χ4v) is 10.6. The van der Waals surface area contributed by atoms with Gasteiger partial charge in [0.25, 0.3) is 0 Å². The molecule has 6 saturated carbocycles. The van der Waals surface area contributed by atoms with E-state index in [9.17, 15) is 0 Å². The Morgan fingerprint density at radius 2 is 1.05 bits per heavy atom. The van der Waals surface area contributed by atoms with Crippen LogP contribution in [0.5, 0.6) is 0 Å². The SMILES string of the molecule is CC(CCP)C1C(C)C2C1C1C2C2C3C4C(C)C(C)C4C3C12. The number of rotatable bonds is 3. The van der Waals surface area contributed by atoms with Gasteiger partial charge in [0, 0.05) is 0 Å². The molecule has 0 aromatic carbocycles. The van der Waals surface area contributed by atoms with Crippen LogP contribution in [-0.2, 0) is 0 Å². The first-order chi connectivity index (χ1) is 10.6. The van der Waals surface area contributed by atoms with Crippen LogP contribution in [0.3, 0.4) is 0 Å². The molecule has 6 aliphatic carbocycles. The zero-order valence-corrected chi connectivity index (χ0v) is 15.8. The van der Waals surface area contributed by atoms with Crippen LogP contribution in [0.25, 0.3) is 0 Å². The molecular formula is C21H33P. The summed E-state index contributed by atoms with van der Waals surface area (Å²) in [5.74, 6) is 17.3. The van der Waals surface area contributed by atoms with Gasteiger partial charge in [-0.25, -0.2) is 0 Å². The van der Waals surface area contributed by atoms with E-state index in [0.717, 1.165) is 29.6 Å². The second-order valence-corrected chi connectivity index (χ2v) is 11.1. The predicted octanol–water partition coefficient (Wildman–Crippen LogP) is 4.66. The maximum Gasteiger partial charge on any atom is -0.0312 e. The summed E-state index contributed by atoms with van der Waals surface area (Å²) in [5, 5.41) is 0. The van der Waals surface area contributed by atoms with Crippen LogP contribution in [0.2, 0.25) is 0 Å². The van der Waals surface area contributed by atoms with E-state index < -0.39 is 0 Å². The van der Waals surface area contributed by atoms with Gasteiger partial charge in [-0.3, -0.25) is 0 Å². The van der Waals surface area contributed by atoms with E-state index >= 15 is 0 Å². The van der Waals surface area contributed by atoms with Gasteiger partial charge in [0.1, 0.15) is 0 Å². The van der Waals surface area contributed by atoms with Crippen molar-refractivity contribution in [1.82, 2.24) is 0 Å². The van der Waals surface area contributed by atoms with Gasteiger partial charge in [-0.15, -0.1) is 9.24 Å². The normalized spacial score (nSPS) is 73.0. The summed E-state index contributed by atoms with van der Waals surface area (Å²) in [4.78, 5) is 0. The number of hydrogen-bond donors (Lipinski definition) is 0. The fourth-order valence-electron chi connectivity index (χ4n) is 10.0. The molecule has 22 heavy (non-hydrogen) atoms. The van der Waals surface area contributed by atoms with E-state index in [2.05, 4.69) is 36.9 Å². The quantitative estimate of drug-likeness (QED) is 0.525. The Morgan fingerprint density at radius 3 is 1.55 bits per heavy atom. The highest BCUT2D eigenvalue weighted by molar-refractivity contribution is 7.16. The van der Waals surface area contributed by atoms with Crippen LogP contribution in [0.4, 0.5) is 0 Å². The molecule has 0 aromatic heterocycles. The Kier molecular flexibility index (Phi) is 2.47. The largest absolute Gasteiger partial charge is 0.138 e. The van der Waals surface area contributed by atoms with Crippen molar-refractivity contribution >= 4 is 9.24 Å². The van der Waals surface area contributed by atoms with Crippen LogP contribution >= 0.6 is 9.24 Å². The van der Waals surface area contributed by atoms with Crippen molar-refractivity contribution in [1.29, 1.82) is 0 Å². The first kappa shape index (κ1) is 13.7. The van der Waals surface area contributed by atoms with Crippen molar-refractivity contribution < 1.29 is 0 Å². The standard InChI is InChI=1S/C21H33P/c1-7(5-6-22)11-10(4)14-15(11)19-18(14)20-16-12-8(2)9(3)13(12)17(16)21(19)20/h7-21H,5-6,22H2,1-4H3. The van der Waals surface area contributed by atoms with Crippen molar-refractivity contribution in [3.63, 3.8) is 0 Å². The smallest absolute Gasteiger partial charge is 0.0312 e. The highest BCUT2D eigenvalue weighted by atomic mass is 31.0. The Balaban J connectivity index is 1.21. The topological polar surface area (TPSA) is 0 Å². The lowest BCUT2D eigenvalue weighted by Gasteiger charge is -2.91. The molecule has 0 amide bonds. The minimum atomic E-state index is 0.987. The van der Waals surface area contributed by atoms with Crippen LogP contribution in [-0.4, -0.2) is 6.16 Å². The molecule has 0 radical (unpaired) electrons. The second kappa shape index (κ2) is 3.98. The molecule has 0 spiro atoms. The molecule has 16 atom stereocenters. The van der Waals surface area contributed by atoms with Crippen molar-refractivity contribution in [2.75, 3.05) is 6.16 Å². The van der Waals surface area contributed by atoms with Gasteiger partial charge in [0.2, 0.25) is 0 Å². The van der Waals surface area contributed by atoms with Crippen LogP contribution in [0.15, 0.2) is 0 Å². The van der Waals surface area contributed by atoms with Crippen molar-refractivity contribution in [2.45, 2.75) is 34.1 Å². The van der Waals surface area contributed by atoms with E-state index in [-0.39, 0.29) is 0 Å². The Hall–Kier alpha value is 0.430. The minimum absolute atomic E-state index is 0.987. The highest BCUT2D eigenvalue weighted by Crippen LogP contribution is 2.90. The first-order valence-electron chi connectivity index (χ1n) is 10.3. The van der Waals surface area contributed by atoms with E-state index in [0.29, 0.717) is 0 Å². The number of hydrogen-bond acceptors (Lipinski definition) is 0. The van der Waals surface area contributed by atoms with Crippen molar-refractivity contribution in [3.8, 4) is 0 Å². The molecule has 6 aliphatic rings. The van der Waals surface area contributed by atoms with Gasteiger partial charge >= 0.3 is 0 Å². The summed E-state index contributed by atoms with van der Waals surface area (Å²) >= 11 is 0. The third kappa shape index (κ3) is 1.11. The molecule has 0 nitrogen and oxygen atoms in total. The zero-order valence-electron chi connectivity index (χ0n) is 14.7. The minimum Gasteiger partial charge on any atom is -0.138 e. The zero-order chi connectivity index (χ0) is 15.1. The lowest BCUT2D eigenvalue weighted by atomic mass is 9.13. The highest BCUT2D eigenvalue weighted by Gasteiger charge is 2.86. The van der Waals surface area contributed by atoms with Gasteiger partial charge in [0.15, 0.2) is 0 Å². The summed E-state index contributed by atoms with van der Waals surface area (Å²) in [6.07, 6.45) is 2.76. The second-order valence-electron chi connectivity index (χ2n) is 10.5. The molecule has 0 heterocycles. The maximum absolute atomic E-state index is 2.96. The van der Waals surface area contributed by atoms with Crippen molar-refractivity contribution in [2.24, 2.45) is 88.8 Å². The summed E-state index contributed by atoms with van der Waals surface area (Å²) in [6.45, 7) is 10.3. The summed E-state index contributed by atoms with van der Waals surface area (Å²) in [6, 6.07) is 0. The van der Waals surface area contributed by atoms with Gasteiger partial charge < -0.3 is 0 Å². The molecule has 16 unspecified atom stereocenters. The third-order valence-electron chi connectivity index (χ3n) is 10.8. The molecule has 6 rings (SSSR count). The van der Waals surface area contributed by atoms with E-state index in [1.807, 2.05) is 0 Å². The predicted molar refractivity (Wildman–Crippen MR) is 94.2 cm³/mol. The molecule has 0 N–H and O–H groups in total. The van der Waals surface area contributed by atoms with Gasteiger partial charge in [-0.2, -0.15) is 0 Å². The van der Waals surface area contributed by atoms with E-state index in [4.69, 9.17) is 0 Å².